The van der Waals surface area contributed by atoms with Gasteiger partial charge in [-0.2, -0.15) is 0 Å². The normalized spacial score (nSPS) is 10.2. The first kappa shape index (κ1) is 15.7. The molecule has 0 aliphatic heterocycles. The third kappa shape index (κ3) is 4.09. The number of nitrogens with zero attached hydrogens (tertiary/aromatic N) is 1. The van der Waals surface area contributed by atoms with Crippen molar-refractivity contribution in [3.63, 3.8) is 0 Å². The highest BCUT2D eigenvalue weighted by molar-refractivity contribution is 5.96. The van der Waals surface area contributed by atoms with E-state index < -0.39 is 24.2 Å². The smallest absolute Gasteiger partial charge is 0.323 e. The second kappa shape index (κ2) is 6.71. The van der Waals surface area contributed by atoms with Crippen molar-refractivity contribution in [2.75, 3.05) is 13.1 Å². The van der Waals surface area contributed by atoms with Gasteiger partial charge in [0.15, 0.2) is 0 Å². The van der Waals surface area contributed by atoms with Gasteiger partial charge < -0.3 is 10.0 Å². The third-order valence-corrected chi connectivity index (χ3v) is 2.55. The summed E-state index contributed by atoms with van der Waals surface area (Å²) >= 11 is 0. The molecule has 5 heteroatoms. The highest BCUT2D eigenvalue weighted by Gasteiger charge is 2.20. The number of hydrogen-bond acceptors (Lipinski definition) is 2. The van der Waals surface area contributed by atoms with Crippen molar-refractivity contribution in [2.45, 2.75) is 13.8 Å². The first-order chi connectivity index (χ1) is 9.35. The van der Waals surface area contributed by atoms with Crippen LogP contribution in [0.25, 0.3) is 0 Å². The van der Waals surface area contributed by atoms with Crippen LogP contribution in [0, 0.1) is 24.1 Å². The number of carboxylic acids is 1. The molecule has 0 bridgehead atoms. The minimum absolute atomic E-state index is 0.0461. The van der Waals surface area contributed by atoms with Crippen LogP contribution in [-0.4, -0.2) is 35.0 Å². The zero-order valence-electron chi connectivity index (χ0n) is 11.3. The molecule has 1 amide bonds. The molecule has 1 N–H and O–H groups in total. The molecule has 4 nitrogen and oxygen atoms in total. The Morgan fingerprint density at radius 3 is 2.55 bits per heavy atom. The molecule has 105 valence electrons. The maximum atomic E-state index is 13.5. The second-order valence-electron chi connectivity index (χ2n) is 4.79. The van der Waals surface area contributed by atoms with E-state index in [-0.39, 0.29) is 23.6 Å². The van der Waals surface area contributed by atoms with Crippen LogP contribution in [0.15, 0.2) is 18.2 Å². The van der Waals surface area contributed by atoms with Crippen molar-refractivity contribution in [1.82, 2.24) is 4.90 Å². The minimum atomic E-state index is -1.12. The topological polar surface area (TPSA) is 57.6 Å². The number of carbonyl (C=O) groups excluding carboxylic acids is 1. The Bertz CT molecular complexity index is 561. The summed E-state index contributed by atoms with van der Waals surface area (Å²) in [5, 5.41) is 8.83. The van der Waals surface area contributed by atoms with Gasteiger partial charge in [-0.15, -0.1) is 0 Å². The molecular formula is C15H15FNO3. The fourth-order valence-electron chi connectivity index (χ4n) is 1.76. The van der Waals surface area contributed by atoms with E-state index >= 15 is 0 Å². The van der Waals surface area contributed by atoms with Gasteiger partial charge in [0.1, 0.15) is 12.4 Å². The summed E-state index contributed by atoms with van der Waals surface area (Å²) in [5.74, 6) is -0.391. The van der Waals surface area contributed by atoms with Crippen LogP contribution in [0.5, 0.6) is 0 Å². The number of halogens is 1. The Kier molecular flexibility index (Phi) is 5.27. The van der Waals surface area contributed by atoms with Gasteiger partial charge in [-0.3, -0.25) is 9.59 Å². The number of amides is 1. The molecule has 0 aliphatic rings. The molecule has 0 saturated carbocycles. The summed E-state index contributed by atoms with van der Waals surface area (Å²) in [6.07, 6.45) is 6.87. The van der Waals surface area contributed by atoms with Gasteiger partial charge in [0.2, 0.25) is 0 Å². The number of benzene rings is 1. The number of carbonyl (C=O) groups is 2. The fraction of sp³-hybridized carbons (Fsp3) is 0.333. The summed E-state index contributed by atoms with van der Waals surface area (Å²) in [4.78, 5) is 24.2. The molecule has 20 heavy (non-hydrogen) atoms. The molecule has 0 unspecified atom stereocenters. The SMILES string of the molecule is [C]#Cc1ccc(C(=O)N(CC(=O)O)CC(C)C)cc1F. The van der Waals surface area contributed by atoms with Crippen molar-refractivity contribution in [1.29, 1.82) is 0 Å². The van der Waals surface area contributed by atoms with E-state index in [1.807, 2.05) is 19.8 Å². The van der Waals surface area contributed by atoms with Crippen LogP contribution in [0.2, 0.25) is 0 Å². The standard InChI is InChI=1S/C15H15FNO3/c1-4-11-5-6-12(7-13(11)16)15(20)17(8-10(2)3)9-14(18)19/h5-7,10H,8-9H2,2-3H3,(H,18,19). The van der Waals surface area contributed by atoms with Crippen LogP contribution in [0.1, 0.15) is 29.8 Å². The molecule has 0 spiro atoms. The highest BCUT2D eigenvalue weighted by Crippen LogP contribution is 2.13. The lowest BCUT2D eigenvalue weighted by Crippen LogP contribution is -2.38. The van der Waals surface area contributed by atoms with E-state index in [9.17, 15) is 14.0 Å². The first-order valence-corrected chi connectivity index (χ1v) is 6.08. The Morgan fingerprint density at radius 1 is 1.45 bits per heavy atom. The predicted octanol–water partition coefficient (Wildman–Crippen LogP) is 1.95. The fourth-order valence-corrected chi connectivity index (χ4v) is 1.76. The van der Waals surface area contributed by atoms with Gasteiger partial charge in [-0.25, -0.2) is 4.39 Å². The summed E-state index contributed by atoms with van der Waals surface area (Å²) in [6, 6.07) is 3.62. The summed E-state index contributed by atoms with van der Waals surface area (Å²) < 4.78 is 13.5. The molecular weight excluding hydrogens is 261 g/mol. The van der Waals surface area contributed by atoms with Gasteiger partial charge in [0.05, 0.1) is 5.56 Å². The van der Waals surface area contributed by atoms with Crippen LogP contribution in [-0.2, 0) is 4.79 Å². The lowest BCUT2D eigenvalue weighted by atomic mass is 10.1. The third-order valence-electron chi connectivity index (χ3n) is 2.55. The van der Waals surface area contributed by atoms with Crippen molar-refractivity contribution >= 4 is 11.9 Å². The van der Waals surface area contributed by atoms with Crippen LogP contribution < -0.4 is 0 Å². The largest absolute Gasteiger partial charge is 0.480 e. The van der Waals surface area contributed by atoms with E-state index in [1.54, 1.807) is 0 Å². The maximum Gasteiger partial charge on any atom is 0.323 e. The quantitative estimate of drug-likeness (QED) is 0.836. The van der Waals surface area contributed by atoms with Crippen molar-refractivity contribution in [3.05, 3.63) is 41.6 Å². The van der Waals surface area contributed by atoms with E-state index in [1.165, 1.54) is 12.1 Å². The Balaban J connectivity index is 3.02. The molecule has 1 radical (unpaired) electrons. The van der Waals surface area contributed by atoms with E-state index in [0.29, 0.717) is 0 Å². The summed E-state index contributed by atoms with van der Waals surface area (Å²) in [5.41, 5.74) is 0.0126. The monoisotopic (exact) mass is 276 g/mol. The number of rotatable bonds is 5. The van der Waals surface area contributed by atoms with Gasteiger partial charge in [0.25, 0.3) is 5.91 Å². The van der Waals surface area contributed by atoms with Gasteiger partial charge in [-0.1, -0.05) is 13.8 Å². The average molecular weight is 276 g/mol. The summed E-state index contributed by atoms with van der Waals surface area (Å²) in [6.45, 7) is 3.55. The van der Waals surface area contributed by atoms with Gasteiger partial charge >= 0.3 is 5.97 Å². The Labute approximate surface area is 117 Å². The molecule has 0 heterocycles. The van der Waals surface area contributed by atoms with E-state index in [2.05, 4.69) is 0 Å². The molecule has 1 aromatic carbocycles. The van der Waals surface area contributed by atoms with Crippen LogP contribution in [0.3, 0.4) is 0 Å². The predicted molar refractivity (Wildman–Crippen MR) is 71.0 cm³/mol. The maximum absolute atomic E-state index is 13.5. The Morgan fingerprint density at radius 2 is 2.10 bits per heavy atom. The Hall–Kier alpha value is -2.35. The van der Waals surface area contributed by atoms with Gasteiger partial charge in [0, 0.05) is 12.1 Å². The average Bonchev–Trinajstić information content (AvgIpc) is 2.35. The van der Waals surface area contributed by atoms with Crippen LogP contribution in [0.4, 0.5) is 4.39 Å². The van der Waals surface area contributed by atoms with Crippen molar-refractivity contribution < 1.29 is 19.1 Å². The molecule has 1 rings (SSSR count). The van der Waals surface area contributed by atoms with E-state index in [0.717, 1.165) is 11.0 Å². The molecule has 0 atom stereocenters. The number of aliphatic carboxylic acids is 1. The lowest BCUT2D eigenvalue weighted by Gasteiger charge is -2.22. The molecule has 0 fully saturated rings. The van der Waals surface area contributed by atoms with E-state index in [4.69, 9.17) is 11.5 Å². The van der Waals surface area contributed by atoms with Crippen LogP contribution >= 0.6 is 0 Å². The molecule has 0 aliphatic carbocycles. The van der Waals surface area contributed by atoms with Crippen molar-refractivity contribution in [2.24, 2.45) is 5.92 Å². The molecule has 0 aromatic heterocycles. The number of hydrogen-bond donors (Lipinski definition) is 1. The highest BCUT2D eigenvalue weighted by atomic mass is 19.1. The lowest BCUT2D eigenvalue weighted by molar-refractivity contribution is -0.137. The summed E-state index contributed by atoms with van der Waals surface area (Å²) in [7, 11) is 0. The minimum Gasteiger partial charge on any atom is -0.480 e. The zero-order valence-corrected chi connectivity index (χ0v) is 11.3. The van der Waals surface area contributed by atoms with Gasteiger partial charge in [-0.05, 0) is 36.5 Å². The molecule has 1 aromatic rings. The molecule has 0 saturated heterocycles. The zero-order chi connectivity index (χ0) is 15.3. The second-order valence-corrected chi connectivity index (χ2v) is 4.79. The first-order valence-electron chi connectivity index (χ1n) is 6.08. The number of carboxylic acid groups (broad SMARTS) is 1. The van der Waals surface area contributed by atoms with Crippen molar-refractivity contribution in [3.8, 4) is 5.92 Å².